The molecule has 2 aromatic rings. The zero-order chi connectivity index (χ0) is 15.7. The highest BCUT2D eigenvalue weighted by molar-refractivity contribution is 7.17. The summed E-state index contributed by atoms with van der Waals surface area (Å²) < 4.78 is 0. The minimum absolute atomic E-state index is 0.0312. The van der Waals surface area contributed by atoms with Gasteiger partial charge >= 0.3 is 0 Å². The highest BCUT2D eigenvalue weighted by Crippen LogP contribution is 2.27. The average Bonchev–Trinajstić information content (AvgIpc) is 2.72. The van der Waals surface area contributed by atoms with Crippen LogP contribution in [0.3, 0.4) is 0 Å². The Hall–Kier alpha value is -2.48. The Bertz CT molecular complexity index is 739. The van der Waals surface area contributed by atoms with Gasteiger partial charge in [-0.25, -0.2) is 4.98 Å². The van der Waals surface area contributed by atoms with Crippen molar-refractivity contribution in [2.45, 2.75) is 20.8 Å². The Balaban J connectivity index is 2.32. The molecule has 0 saturated carbocycles. The van der Waals surface area contributed by atoms with E-state index in [9.17, 15) is 14.9 Å². The second kappa shape index (κ2) is 5.49. The number of anilines is 2. The minimum Gasteiger partial charge on any atom is -0.375 e. The van der Waals surface area contributed by atoms with Gasteiger partial charge in [-0.1, -0.05) is 11.3 Å². The van der Waals surface area contributed by atoms with E-state index < -0.39 is 4.92 Å². The number of rotatable bonds is 3. The fraction of sp³-hybridized carbons (Fsp3) is 0.231. The molecule has 0 aliphatic heterocycles. The molecule has 0 aliphatic carbocycles. The van der Waals surface area contributed by atoms with Crippen molar-refractivity contribution in [3.63, 3.8) is 0 Å². The molecule has 0 atom stereocenters. The fourth-order valence-corrected chi connectivity index (χ4v) is 2.67. The van der Waals surface area contributed by atoms with Crippen LogP contribution in [0.2, 0.25) is 0 Å². The number of nitrogens with one attached hydrogen (secondary N) is 1. The van der Waals surface area contributed by atoms with E-state index in [1.165, 1.54) is 6.07 Å². The lowest BCUT2D eigenvalue weighted by atomic mass is 10.1. The van der Waals surface area contributed by atoms with Crippen molar-refractivity contribution < 1.29 is 9.72 Å². The molecular weight excluding hydrogens is 292 g/mol. The first-order chi connectivity index (χ1) is 9.79. The molecule has 0 radical (unpaired) electrons. The zero-order valence-electron chi connectivity index (χ0n) is 11.8. The number of hydrogen-bond acceptors (Lipinski definition) is 6. The van der Waals surface area contributed by atoms with Crippen LogP contribution in [-0.2, 0) is 0 Å². The lowest BCUT2D eigenvalue weighted by molar-refractivity contribution is -0.385. The minimum atomic E-state index is -0.442. The number of nitrogen functional groups attached to an aromatic ring is 1. The van der Waals surface area contributed by atoms with Gasteiger partial charge in [0.15, 0.2) is 5.13 Å². The molecule has 7 nitrogen and oxygen atoms in total. The second-order valence-corrected chi connectivity index (χ2v) is 5.66. The van der Waals surface area contributed by atoms with Crippen LogP contribution in [-0.4, -0.2) is 15.8 Å². The number of nitrogens with two attached hydrogens (primary N) is 1. The van der Waals surface area contributed by atoms with Crippen molar-refractivity contribution in [2.75, 3.05) is 11.1 Å². The molecule has 1 heterocycles. The molecule has 2 rings (SSSR count). The second-order valence-electron chi connectivity index (χ2n) is 4.63. The molecule has 0 aliphatic rings. The van der Waals surface area contributed by atoms with Gasteiger partial charge in [0, 0.05) is 17.3 Å². The van der Waals surface area contributed by atoms with Crippen molar-refractivity contribution in [2.24, 2.45) is 0 Å². The van der Waals surface area contributed by atoms with Gasteiger partial charge in [-0.15, -0.1) is 0 Å². The predicted molar refractivity (Wildman–Crippen MR) is 81.8 cm³/mol. The summed E-state index contributed by atoms with van der Waals surface area (Å²) in [5.41, 5.74) is 7.81. The molecule has 8 heteroatoms. The van der Waals surface area contributed by atoms with E-state index in [1.807, 2.05) is 0 Å². The standard InChI is InChI=1S/C13H14N4O3S/c1-6-5-10(17(19)20)7(2)4-9(6)16-12(18)11-8(3)15-13(14)21-11/h4-5H,1-3H3,(H2,14,15)(H,16,18). The van der Waals surface area contributed by atoms with Crippen LogP contribution in [0.15, 0.2) is 12.1 Å². The third kappa shape index (κ3) is 3.00. The van der Waals surface area contributed by atoms with E-state index in [2.05, 4.69) is 10.3 Å². The fourth-order valence-electron chi connectivity index (χ4n) is 1.94. The molecule has 1 amide bonds. The average molecular weight is 306 g/mol. The molecule has 21 heavy (non-hydrogen) atoms. The van der Waals surface area contributed by atoms with Gasteiger partial charge < -0.3 is 11.1 Å². The van der Waals surface area contributed by atoms with E-state index in [1.54, 1.807) is 26.8 Å². The van der Waals surface area contributed by atoms with Crippen LogP contribution in [0.5, 0.6) is 0 Å². The van der Waals surface area contributed by atoms with Crippen LogP contribution < -0.4 is 11.1 Å². The summed E-state index contributed by atoms with van der Waals surface area (Å²) in [7, 11) is 0. The molecule has 0 spiro atoms. The van der Waals surface area contributed by atoms with Crippen LogP contribution in [0, 0.1) is 30.9 Å². The van der Waals surface area contributed by atoms with Crippen LogP contribution in [0.1, 0.15) is 26.5 Å². The molecular formula is C13H14N4O3S. The first-order valence-corrected chi connectivity index (χ1v) is 6.91. The van der Waals surface area contributed by atoms with Gasteiger partial charge in [-0.05, 0) is 32.4 Å². The first kappa shape index (κ1) is 14.9. The number of aromatic nitrogens is 1. The Labute approximate surface area is 125 Å². The first-order valence-electron chi connectivity index (χ1n) is 6.09. The van der Waals surface area contributed by atoms with Crippen LogP contribution in [0.25, 0.3) is 0 Å². The quantitative estimate of drug-likeness (QED) is 0.669. The number of nitro benzene ring substituents is 1. The van der Waals surface area contributed by atoms with Gasteiger partial charge in [-0.3, -0.25) is 14.9 Å². The SMILES string of the molecule is Cc1cc([N+](=O)[O-])c(C)cc1NC(=O)c1sc(N)nc1C. The predicted octanol–water partition coefficient (Wildman–Crippen LogP) is 2.81. The Morgan fingerprint density at radius 3 is 2.52 bits per heavy atom. The van der Waals surface area contributed by atoms with E-state index >= 15 is 0 Å². The maximum absolute atomic E-state index is 12.2. The van der Waals surface area contributed by atoms with E-state index in [4.69, 9.17) is 5.73 Å². The molecule has 0 saturated heterocycles. The lowest BCUT2D eigenvalue weighted by Gasteiger charge is -2.09. The summed E-state index contributed by atoms with van der Waals surface area (Å²) in [4.78, 5) is 27.1. The van der Waals surface area contributed by atoms with Gasteiger partial charge in [0.25, 0.3) is 11.6 Å². The normalized spacial score (nSPS) is 10.4. The highest BCUT2D eigenvalue weighted by atomic mass is 32.1. The Morgan fingerprint density at radius 1 is 1.33 bits per heavy atom. The van der Waals surface area contributed by atoms with Gasteiger partial charge in [0.05, 0.1) is 10.6 Å². The molecule has 1 aromatic heterocycles. The van der Waals surface area contributed by atoms with E-state index in [-0.39, 0.29) is 11.6 Å². The number of nitro groups is 1. The highest BCUT2D eigenvalue weighted by Gasteiger charge is 2.18. The number of aryl methyl sites for hydroxylation is 3. The van der Waals surface area contributed by atoms with E-state index in [0.29, 0.717) is 32.5 Å². The largest absolute Gasteiger partial charge is 0.375 e. The van der Waals surface area contributed by atoms with Crippen molar-refractivity contribution in [3.8, 4) is 0 Å². The van der Waals surface area contributed by atoms with Crippen molar-refractivity contribution >= 4 is 33.8 Å². The smallest absolute Gasteiger partial charge is 0.272 e. The van der Waals surface area contributed by atoms with Gasteiger partial charge in [-0.2, -0.15) is 0 Å². The molecule has 3 N–H and O–H groups in total. The number of carbonyl (C=O) groups is 1. The third-order valence-electron chi connectivity index (χ3n) is 3.01. The number of hydrogen-bond donors (Lipinski definition) is 2. The number of benzene rings is 1. The third-order valence-corrected chi connectivity index (χ3v) is 3.99. The van der Waals surface area contributed by atoms with Crippen molar-refractivity contribution in [3.05, 3.63) is 43.9 Å². The molecule has 0 unspecified atom stereocenters. The number of nitrogens with zero attached hydrogens (tertiary/aromatic N) is 2. The number of carbonyl (C=O) groups excluding carboxylic acids is 1. The summed E-state index contributed by atoms with van der Waals surface area (Å²) in [5.74, 6) is -0.321. The van der Waals surface area contributed by atoms with Crippen molar-refractivity contribution in [1.29, 1.82) is 0 Å². The number of thiazole rings is 1. The van der Waals surface area contributed by atoms with Crippen LogP contribution in [0.4, 0.5) is 16.5 Å². The summed E-state index contributed by atoms with van der Waals surface area (Å²) in [5, 5.41) is 13.9. The maximum atomic E-state index is 12.2. The summed E-state index contributed by atoms with van der Waals surface area (Å²) in [6.45, 7) is 5.04. The van der Waals surface area contributed by atoms with Gasteiger partial charge in [0.1, 0.15) is 4.88 Å². The monoisotopic (exact) mass is 306 g/mol. The Kier molecular flexibility index (Phi) is 3.90. The summed E-state index contributed by atoms with van der Waals surface area (Å²) >= 11 is 1.11. The molecule has 1 aromatic carbocycles. The molecule has 0 bridgehead atoms. The molecule has 110 valence electrons. The zero-order valence-corrected chi connectivity index (χ0v) is 12.6. The van der Waals surface area contributed by atoms with Crippen molar-refractivity contribution in [1.82, 2.24) is 4.98 Å². The Morgan fingerprint density at radius 2 is 2.00 bits per heavy atom. The lowest BCUT2D eigenvalue weighted by Crippen LogP contribution is -2.13. The molecule has 0 fully saturated rings. The summed E-state index contributed by atoms with van der Waals surface area (Å²) in [6, 6.07) is 3.03. The van der Waals surface area contributed by atoms with E-state index in [0.717, 1.165) is 11.3 Å². The maximum Gasteiger partial charge on any atom is 0.272 e. The van der Waals surface area contributed by atoms with Gasteiger partial charge in [0.2, 0.25) is 0 Å². The number of amides is 1. The topological polar surface area (TPSA) is 111 Å². The summed E-state index contributed by atoms with van der Waals surface area (Å²) in [6.07, 6.45) is 0. The van der Waals surface area contributed by atoms with Crippen LogP contribution >= 0.6 is 11.3 Å².